The smallest absolute Gasteiger partial charge is 0.296 e. The van der Waals surface area contributed by atoms with Gasteiger partial charge in [0.2, 0.25) is 5.91 Å². The molecule has 1 amide bonds. The SMILES string of the molecule is COc1ccc(NC(=O)CSc2nc(C)cc(C)c2C#N)c([N+](=O)[O-])c1. The summed E-state index contributed by atoms with van der Waals surface area (Å²) in [5.74, 6) is -0.149. The molecule has 0 radical (unpaired) electrons. The van der Waals surface area contributed by atoms with Crippen LogP contribution in [0.5, 0.6) is 5.75 Å². The van der Waals surface area contributed by atoms with Crippen molar-refractivity contribution in [2.24, 2.45) is 0 Å². The maximum Gasteiger partial charge on any atom is 0.296 e. The summed E-state index contributed by atoms with van der Waals surface area (Å²) >= 11 is 1.11. The van der Waals surface area contributed by atoms with Gasteiger partial charge in [-0.15, -0.1) is 0 Å². The number of pyridine rings is 1. The van der Waals surface area contributed by atoms with Crippen LogP contribution in [-0.2, 0) is 4.79 Å². The Hall–Kier alpha value is -3.12. The quantitative estimate of drug-likeness (QED) is 0.470. The first-order chi connectivity index (χ1) is 12.3. The molecule has 26 heavy (non-hydrogen) atoms. The first-order valence-electron chi connectivity index (χ1n) is 7.49. The Morgan fingerprint density at radius 1 is 1.42 bits per heavy atom. The van der Waals surface area contributed by atoms with Crippen molar-refractivity contribution in [1.29, 1.82) is 5.26 Å². The van der Waals surface area contributed by atoms with Crippen LogP contribution in [0.4, 0.5) is 11.4 Å². The number of rotatable bonds is 6. The van der Waals surface area contributed by atoms with Gasteiger partial charge >= 0.3 is 0 Å². The van der Waals surface area contributed by atoms with E-state index in [0.717, 1.165) is 23.0 Å². The Morgan fingerprint density at radius 2 is 2.15 bits per heavy atom. The topological polar surface area (TPSA) is 118 Å². The molecule has 0 fully saturated rings. The third-order valence-corrected chi connectivity index (χ3v) is 4.41. The van der Waals surface area contributed by atoms with Gasteiger partial charge in [0.05, 0.1) is 29.4 Å². The number of amides is 1. The van der Waals surface area contributed by atoms with Crippen molar-refractivity contribution >= 4 is 29.0 Å². The molecule has 0 atom stereocenters. The van der Waals surface area contributed by atoms with Crippen LogP contribution < -0.4 is 10.1 Å². The molecule has 1 aromatic heterocycles. The molecule has 0 saturated carbocycles. The van der Waals surface area contributed by atoms with Crippen LogP contribution >= 0.6 is 11.8 Å². The summed E-state index contributed by atoms with van der Waals surface area (Å²) in [4.78, 5) is 27.0. The van der Waals surface area contributed by atoms with Crippen molar-refractivity contribution in [2.45, 2.75) is 18.9 Å². The van der Waals surface area contributed by atoms with Crippen LogP contribution in [0.25, 0.3) is 0 Å². The number of hydrogen-bond acceptors (Lipinski definition) is 7. The summed E-state index contributed by atoms with van der Waals surface area (Å²) in [6, 6.07) is 8.05. The highest BCUT2D eigenvalue weighted by molar-refractivity contribution is 8.00. The third-order valence-electron chi connectivity index (χ3n) is 3.44. The molecule has 0 saturated heterocycles. The second kappa shape index (κ2) is 8.31. The van der Waals surface area contributed by atoms with Gasteiger partial charge in [-0.05, 0) is 37.6 Å². The van der Waals surface area contributed by atoms with Gasteiger partial charge in [0.25, 0.3) is 5.69 Å². The number of carbonyl (C=O) groups is 1. The number of ether oxygens (including phenoxy) is 1. The molecule has 134 valence electrons. The predicted molar refractivity (Wildman–Crippen MR) is 97.4 cm³/mol. The van der Waals surface area contributed by atoms with E-state index < -0.39 is 10.8 Å². The lowest BCUT2D eigenvalue weighted by molar-refractivity contribution is -0.384. The third kappa shape index (κ3) is 4.49. The summed E-state index contributed by atoms with van der Waals surface area (Å²) < 4.78 is 4.96. The minimum Gasteiger partial charge on any atom is -0.496 e. The van der Waals surface area contributed by atoms with E-state index in [-0.39, 0.29) is 17.1 Å². The average molecular weight is 372 g/mol. The van der Waals surface area contributed by atoms with Gasteiger partial charge in [-0.2, -0.15) is 5.26 Å². The molecule has 1 heterocycles. The predicted octanol–water partition coefficient (Wildman–Crippen LogP) is 3.22. The minimum atomic E-state index is -0.593. The van der Waals surface area contributed by atoms with Crippen molar-refractivity contribution in [3.05, 3.63) is 51.2 Å². The lowest BCUT2D eigenvalue weighted by Crippen LogP contribution is -2.15. The number of hydrogen-bond donors (Lipinski definition) is 1. The molecule has 1 aromatic carbocycles. The molecule has 2 rings (SSSR count). The van der Waals surface area contributed by atoms with E-state index in [1.165, 1.54) is 25.3 Å². The van der Waals surface area contributed by atoms with Crippen LogP contribution in [0.2, 0.25) is 0 Å². The molecule has 8 nitrogen and oxygen atoms in total. The Labute approximate surface area is 154 Å². The lowest BCUT2D eigenvalue weighted by Gasteiger charge is -2.09. The largest absolute Gasteiger partial charge is 0.496 e. The summed E-state index contributed by atoms with van der Waals surface area (Å²) in [6.45, 7) is 3.61. The number of aryl methyl sites for hydroxylation is 2. The number of thioether (sulfide) groups is 1. The number of nitro groups is 1. The number of nitrogens with one attached hydrogen (secondary N) is 1. The van der Waals surface area contributed by atoms with Gasteiger partial charge in [0.15, 0.2) is 0 Å². The fourth-order valence-electron chi connectivity index (χ4n) is 2.26. The van der Waals surface area contributed by atoms with Crippen molar-refractivity contribution < 1.29 is 14.5 Å². The Morgan fingerprint density at radius 3 is 2.77 bits per heavy atom. The van der Waals surface area contributed by atoms with E-state index in [9.17, 15) is 20.2 Å². The highest BCUT2D eigenvalue weighted by Crippen LogP contribution is 2.29. The number of benzene rings is 1. The Bertz CT molecular complexity index is 908. The van der Waals surface area contributed by atoms with Gasteiger partial charge in [0.1, 0.15) is 22.5 Å². The van der Waals surface area contributed by atoms with E-state index in [1.807, 2.05) is 0 Å². The van der Waals surface area contributed by atoms with Crippen LogP contribution in [-0.4, -0.2) is 28.7 Å². The summed E-state index contributed by atoms with van der Waals surface area (Å²) in [5, 5.41) is 23.4. The normalized spacial score (nSPS) is 10.1. The number of nitro benzene ring substituents is 1. The molecule has 0 aliphatic rings. The zero-order chi connectivity index (χ0) is 19.3. The number of nitriles is 1. The van der Waals surface area contributed by atoms with Gasteiger partial charge in [0, 0.05) is 5.69 Å². The van der Waals surface area contributed by atoms with Crippen molar-refractivity contribution in [1.82, 2.24) is 4.98 Å². The lowest BCUT2D eigenvalue weighted by atomic mass is 10.1. The summed E-state index contributed by atoms with van der Waals surface area (Å²) in [7, 11) is 1.40. The fraction of sp³-hybridized carbons (Fsp3) is 0.235. The first-order valence-corrected chi connectivity index (χ1v) is 8.47. The maximum absolute atomic E-state index is 12.2. The molecular formula is C17H16N4O4S. The van der Waals surface area contributed by atoms with E-state index in [0.29, 0.717) is 16.3 Å². The zero-order valence-corrected chi connectivity index (χ0v) is 15.2. The van der Waals surface area contributed by atoms with E-state index in [1.54, 1.807) is 19.9 Å². The fourth-order valence-corrected chi connectivity index (χ4v) is 3.16. The highest BCUT2D eigenvalue weighted by Gasteiger charge is 2.18. The van der Waals surface area contributed by atoms with Crippen molar-refractivity contribution in [3.8, 4) is 11.8 Å². The molecular weight excluding hydrogens is 356 g/mol. The zero-order valence-electron chi connectivity index (χ0n) is 14.4. The molecule has 0 bridgehead atoms. The second-order valence-electron chi connectivity index (χ2n) is 5.35. The molecule has 0 aliphatic heterocycles. The standard InChI is InChI=1S/C17H16N4O4S/c1-10-6-11(2)19-17(13(10)8-18)26-9-16(22)20-14-5-4-12(25-3)7-15(14)21(23)24/h4-7H,9H2,1-3H3,(H,20,22). The summed E-state index contributed by atoms with van der Waals surface area (Å²) in [6.07, 6.45) is 0. The van der Waals surface area contributed by atoms with E-state index >= 15 is 0 Å². The van der Waals surface area contributed by atoms with Crippen LogP contribution in [0.3, 0.4) is 0 Å². The van der Waals surface area contributed by atoms with Crippen LogP contribution in [0.1, 0.15) is 16.8 Å². The van der Waals surface area contributed by atoms with Crippen LogP contribution in [0.15, 0.2) is 29.3 Å². The Balaban J connectivity index is 2.14. The highest BCUT2D eigenvalue weighted by atomic mass is 32.2. The Kier molecular flexibility index (Phi) is 6.14. The van der Waals surface area contributed by atoms with Gasteiger partial charge in [-0.25, -0.2) is 4.98 Å². The summed E-state index contributed by atoms with van der Waals surface area (Å²) in [5.41, 5.74) is 1.77. The van der Waals surface area contributed by atoms with E-state index in [4.69, 9.17) is 4.74 Å². The van der Waals surface area contributed by atoms with Crippen molar-refractivity contribution in [3.63, 3.8) is 0 Å². The molecule has 9 heteroatoms. The molecule has 2 aromatic rings. The van der Waals surface area contributed by atoms with E-state index in [2.05, 4.69) is 16.4 Å². The van der Waals surface area contributed by atoms with Gasteiger partial charge < -0.3 is 10.1 Å². The average Bonchev–Trinajstić information content (AvgIpc) is 2.59. The number of aromatic nitrogens is 1. The van der Waals surface area contributed by atoms with Crippen LogP contribution in [0, 0.1) is 35.3 Å². The number of nitrogens with zero attached hydrogens (tertiary/aromatic N) is 3. The molecule has 0 unspecified atom stereocenters. The van der Waals surface area contributed by atoms with Gasteiger partial charge in [-0.3, -0.25) is 14.9 Å². The monoisotopic (exact) mass is 372 g/mol. The molecule has 0 aliphatic carbocycles. The number of carbonyl (C=O) groups excluding carboxylic acids is 1. The second-order valence-corrected chi connectivity index (χ2v) is 6.31. The minimum absolute atomic E-state index is 0.0340. The first kappa shape index (κ1) is 19.2. The molecule has 0 spiro atoms. The number of methoxy groups -OCH3 is 1. The van der Waals surface area contributed by atoms with Crippen molar-refractivity contribution in [2.75, 3.05) is 18.2 Å². The van der Waals surface area contributed by atoms with Gasteiger partial charge in [-0.1, -0.05) is 11.8 Å². The number of anilines is 1. The maximum atomic E-state index is 12.2. The molecule has 1 N–H and O–H groups in total.